The fourth-order valence-electron chi connectivity index (χ4n) is 1.97. The Morgan fingerprint density at radius 1 is 1.20 bits per heavy atom. The van der Waals surface area contributed by atoms with Gasteiger partial charge in [-0.3, -0.25) is 4.90 Å². The summed E-state index contributed by atoms with van der Waals surface area (Å²) in [6.45, 7) is 3.21. The number of hydrogen-bond donors (Lipinski definition) is 1. The van der Waals surface area contributed by atoms with E-state index >= 15 is 0 Å². The molecule has 1 N–H and O–H groups in total. The first-order chi connectivity index (χ1) is 9.50. The Labute approximate surface area is 116 Å². The molecule has 20 heavy (non-hydrogen) atoms. The first-order valence-corrected chi connectivity index (χ1v) is 7.73. The van der Waals surface area contributed by atoms with Gasteiger partial charge in [0.2, 0.25) is 10.0 Å². The Balaban J connectivity index is 1.97. The van der Waals surface area contributed by atoms with Crippen molar-refractivity contribution in [1.82, 2.24) is 9.62 Å². The summed E-state index contributed by atoms with van der Waals surface area (Å²) >= 11 is 0. The second kappa shape index (κ2) is 6.57. The quantitative estimate of drug-likeness (QED) is 0.864. The third-order valence-electron chi connectivity index (χ3n) is 3.01. The van der Waals surface area contributed by atoms with E-state index in [1.54, 1.807) is 0 Å². The van der Waals surface area contributed by atoms with Gasteiger partial charge in [0.05, 0.1) is 13.2 Å². The van der Waals surface area contributed by atoms with Crippen LogP contribution < -0.4 is 4.72 Å². The molecule has 1 aliphatic heterocycles. The van der Waals surface area contributed by atoms with E-state index in [-0.39, 0.29) is 6.54 Å². The lowest BCUT2D eigenvalue weighted by molar-refractivity contribution is 0.0390. The van der Waals surface area contributed by atoms with Crippen LogP contribution in [-0.2, 0) is 14.8 Å². The Kier molecular flexibility index (Phi) is 5.03. The summed E-state index contributed by atoms with van der Waals surface area (Å²) in [6, 6.07) is 2.96. The van der Waals surface area contributed by atoms with E-state index in [1.807, 2.05) is 4.90 Å². The summed E-state index contributed by atoms with van der Waals surface area (Å²) in [5.74, 6) is -2.19. The van der Waals surface area contributed by atoms with Crippen LogP contribution in [0.1, 0.15) is 0 Å². The third kappa shape index (κ3) is 3.72. The van der Waals surface area contributed by atoms with Gasteiger partial charge in [-0.25, -0.2) is 21.9 Å². The topological polar surface area (TPSA) is 58.6 Å². The monoisotopic (exact) mass is 306 g/mol. The molecule has 112 valence electrons. The van der Waals surface area contributed by atoms with Crippen LogP contribution in [0.25, 0.3) is 0 Å². The highest BCUT2D eigenvalue weighted by Crippen LogP contribution is 2.17. The lowest BCUT2D eigenvalue weighted by Crippen LogP contribution is -2.41. The number of rotatable bonds is 5. The van der Waals surface area contributed by atoms with E-state index < -0.39 is 26.6 Å². The molecule has 1 saturated heterocycles. The fourth-order valence-corrected chi connectivity index (χ4v) is 3.13. The van der Waals surface area contributed by atoms with Crippen molar-refractivity contribution < 1.29 is 21.9 Å². The van der Waals surface area contributed by atoms with Gasteiger partial charge in [-0.1, -0.05) is 6.07 Å². The van der Waals surface area contributed by atoms with Crippen LogP contribution in [0.15, 0.2) is 23.1 Å². The van der Waals surface area contributed by atoms with Gasteiger partial charge in [0, 0.05) is 26.2 Å². The lowest BCUT2D eigenvalue weighted by Gasteiger charge is -2.26. The average molecular weight is 306 g/mol. The van der Waals surface area contributed by atoms with E-state index in [2.05, 4.69) is 4.72 Å². The molecule has 0 aliphatic carbocycles. The van der Waals surface area contributed by atoms with Crippen molar-refractivity contribution in [2.45, 2.75) is 4.90 Å². The lowest BCUT2D eigenvalue weighted by atomic mass is 10.3. The zero-order valence-corrected chi connectivity index (χ0v) is 11.6. The van der Waals surface area contributed by atoms with Crippen LogP contribution in [0.3, 0.4) is 0 Å². The normalized spacial score (nSPS) is 17.3. The van der Waals surface area contributed by atoms with Gasteiger partial charge in [-0.2, -0.15) is 0 Å². The molecule has 0 aromatic heterocycles. The highest BCUT2D eigenvalue weighted by molar-refractivity contribution is 7.89. The van der Waals surface area contributed by atoms with E-state index in [1.165, 1.54) is 0 Å². The summed E-state index contributed by atoms with van der Waals surface area (Å²) < 4.78 is 58.0. The molecule has 0 saturated carbocycles. The van der Waals surface area contributed by atoms with Crippen molar-refractivity contribution in [3.8, 4) is 0 Å². The number of sulfonamides is 1. The zero-order valence-electron chi connectivity index (χ0n) is 10.8. The largest absolute Gasteiger partial charge is 0.379 e. The summed E-state index contributed by atoms with van der Waals surface area (Å²) in [5, 5.41) is 0. The van der Waals surface area contributed by atoms with E-state index in [0.29, 0.717) is 19.8 Å². The smallest absolute Gasteiger partial charge is 0.246 e. The predicted octanol–water partition coefficient (Wildman–Crippen LogP) is 0.575. The van der Waals surface area contributed by atoms with Crippen molar-refractivity contribution in [3.05, 3.63) is 29.8 Å². The van der Waals surface area contributed by atoms with Crippen molar-refractivity contribution in [2.75, 3.05) is 39.4 Å². The molecular weight excluding hydrogens is 290 g/mol. The van der Waals surface area contributed by atoms with Crippen LogP contribution in [0.4, 0.5) is 8.78 Å². The molecule has 1 aromatic rings. The molecule has 8 heteroatoms. The molecule has 1 fully saturated rings. The molecule has 0 unspecified atom stereocenters. The van der Waals surface area contributed by atoms with E-state index in [4.69, 9.17) is 4.74 Å². The first kappa shape index (κ1) is 15.3. The zero-order chi connectivity index (χ0) is 14.6. The molecule has 1 aliphatic rings. The second-order valence-electron chi connectivity index (χ2n) is 4.40. The van der Waals surface area contributed by atoms with Gasteiger partial charge in [0.15, 0.2) is 4.90 Å². The van der Waals surface area contributed by atoms with E-state index in [0.717, 1.165) is 31.3 Å². The molecule has 0 amide bonds. The van der Waals surface area contributed by atoms with Crippen LogP contribution in [0.2, 0.25) is 0 Å². The number of hydrogen-bond acceptors (Lipinski definition) is 4. The fraction of sp³-hybridized carbons (Fsp3) is 0.500. The van der Waals surface area contributed by atoms with E-state index in [9.17, 15) is 17.2 Å². The van der Waals surface area contributed by atoms with Crippen molar-refractivity contribution in [3.63, 3.8) is 0 Å². The molecule has 1 heterocycles. The van der Waals surface area contributed by atoms with Gasteiger partial charge in [0.1, 0.15) is 11.6 Å². The van der Waals surface area contributed by atoms with Crippen LogP contribution >= 0.6 is 0 Å². The summed E-state index contributed by atoms with van der Waals surface area (Å²) in [6.07, 6.45) is 0. The molecule has 2 rings (SSSR count). The highest BCUT2D eigenvalue weighted by Gasteiger charge is 2.23. The van der Waals surface area contributed by atoms with Crippen molar-refractivity contribution >= 4 is 10.0 Å². The van der Waals surface area contributed by atoms with Gasteiger partial charge in [0.25, 0.3) is 0 Å². The van der Waals surface area contributed by atoms with Crippen molar-refractivity contribution in [1.29, 1.82) is 0 Å². The first-order valence-electron chi connectivity index (χ1n) is 6.24. The van der Waals surface area contributed by atoms with Gasteiger partial charge in [-0.15, -0.1) is 0 Å². The maximum atomic E-state index is 13.4. The summed E-state index contributed by atoms with van der Waals surface area (Å²) in [7, 11) is -4.18. The summed E-state index contributed by atoms with van der Waals surface area (Å²) in [4.78, 5) is 1.09. The minimum absolute atomic E-state index is 0.0934. The number of morpholine rings is 1. The Hall–Kier alpha value is -1.09. The molecule has 0 spiro atoms. The highest BCUT2D eigenvalue weighted by atomic mass is 32.2. The second-order valence-corrected chi connectivity index (χ2v) is 6.11. The molecule has 0 bridgehead atoms. The minimum atomic E-state index is -4.18. The molecular formula is C12H16F2N2O3S. The molecule has 5 nitrogen and oxygen atoms in total. The predicted molar refractivity (Wildman–Crippen MR) is 68.8 cm³/mol. The maximum absolute atomic E-state index is 13.4. The number of benzene rings is 1. The number of halogens is 2. The van der Waals surface area contributed by atoms with Crippen LogP contribution in [-0.4, -0.2) is 52.7 Å². The number of nitrogens with one attached hydrogen (secondary N) is 1. The van der Waals surface area contributed by atoms with Gasteiger partial charge < -0.3 is 4.74 Å². The SMILES string of the molecule is O=S(=O)(NCCN1CCOCC1)c1c(F)cccc1F. The van der Waals surface area contributed by atoms with Crippen LogP contribution in [0.5, 0.6) is 0 Å². The van der Waals surface area contributed by atoms with Crippen LogP contribution in [0, 0.1) is 11.6 Å². The third-order valence-corrected chi connectivity index (χ3v) is 4.52. The molecule has 1 aromatic carbocycles. The average Bonchev–Trinajstić information content (AvgIpc) is 2.39. The number of ether oxygens (including phenoxy) is 1. The van der Waals surface area contributed by atoms with Crippen molar-refractivity contribution in [2.24, 2.45) is 0 Å². The maximum Gasteiger partial charge on any atom is 0.246 e. The van der Waals surface area contributed by atoms with Gasteiger partial charge in [-0.05, 0) is 12.1 Å². The van der Waals surface area contributed by atoms with Gasteiger partial charge >= 0.3 is 0 Å². The summed E-state index contributed by atoms with van der Waals surface area (Å²) in [5.41, 5.74) is 0. The standard InChI is InChI=1S/C12H16F2N2O3S/c13-10-2-1-3-11(14)12(10)20(17,18)15-4-5-16-6-8-19-9-7-16/h1-3,15H,4-9H2. The Morgan fingerprint density at radius 3 is 2.40 bits per heavy atom. The molecule has 0 atom stereocenters. The minimum Gasteiger partial charge on any atom is -0.379 e. The Morgan fingerprint density at radius 2 is 1.80 bits per heavy atom. The molecule has 0 radical (unpaired) electrons. The number of nitrogens with zero attached hydrogens (tertiary/aromatic N) is 1. The Bertz CT molecular complexity index is 540.